The molecular weight excluding hydrogens is 266 g/mol. The van der Waals surface area contributed by atoms with Crippen molar-refractivity contribution in [2.75, 3.05) is 6.54 Å². The number of amides is 1. The Morgan fingerprint density at radius 3 is 2.15 bits per heavy atom. The lowest BCUT2D eigenvalue weighted by atomic mass is 10.1. The smallest absolute Gasteiger partial charge is 0.261 e. The highest BCUT2D eigenvalue weighted by atomic mass is 32.1. The molecule has 1 amide bonds. The summed E-state index contributed by atoms with van der Waals surface area (Å²) in [6.07, 6.45) is 13.3. The number of rotatable bonds is 12. The maximum atomic E-state index is 11.7. The molecule has 1 rings (SSSR count). The Bertz CT molecular complexity index is 335. The second-order valence-corrected chi connectivity index (χ2v) is 6.36. The van der Waals surface area contributed by atoms with E-state index in [1.54, 1.807) is 0 Å². The van der Waals surface area contributed by atoms with Crippen LogP contribution in [0.15, 0.2) is 17.5 Å². The van der Waals surface area contributed by atoms with Gasteiger partial charge in [-0.15, -0.1) is 11.3 Å². The van der Waals surface area contributed by atoms with E-state index in [-0.39, 0.29) is 5.91 Å². The summed E-state index contributed by atoms with van der Waals surface area (Å²) in [6, 6.07) is 3.79. The molecule has 0 aromatic carbocycles. The zero-order chi connectivity index (χ0) is 14.5. The lowest BCUT2D eigenvalue weighted by Crippen LogP contribution is -2.23. The molecule has 0 spiro atoms. The third kappa shape index (κ3) is 8.36. The Kier molecular flexibility index (Phi) is 10.3. The maximum absolute atomic E-state index is 11.7. The van der Waals surface area contributed by atoms with Crippen LogP contribution in [-0.4, -0.2) is 12.5 Å². The predicted octanol–water partition coefficient (Wildman–Crippen LogP) is 5.40. The molecule has 0 saturated heterocycles. The van der Waals surface area contributed by atoms with Gasteiger partial charge in [-0.25, -0.2) is 0 Å². The SMILES string of the molecule is CCCCCCCCCCCCNC(=O)c1cccs1. The van der Waals surface area contributed by atoms with Gasteiger partial charge in [0.25, 0.3) is 5.91 Å². The van der Waals surface area contributed by atoms with E-state index in [1.165, 1.54) is 69.1 Å². The van der Waals surface area contributed by atoms with Gasteiger partial charge >= 0.3 is 0 Å². The Morgan fingerprint density at radius 1 is 1.00 bits per heavy atom. The molecule has 3 heteroatoms. The highest BCUT2D eigenvalue weighted by molar-refractivity contribution is 7.12. The average Bonchev–Trinajstić information content (AvgIpc) is 2.99. The number of carbonyl (C=O) groups is 1. The molecule has 1 aromatic heterocycles. The zero-order valence-electron chi connectivity index (χ0n) is 12.8. The fourth-order valence-electron chi connectivity index (χ4n) is 2.31. The van der Waals surface area contributed by atoms with E-state index >= 15 is 0 Å². The first kappa shape index (κ1) is 17.2. The molecule has 20 heavy (non-hydrogen) atoms. The van der Waals surface area contributed by atoms with Gasteiger partial charge in [-0.05, 0) is 17.9 Å². The molecule has 114 valence electrons. The van der Waals surface area contributed by atoms with Crippen LogP contribution in [0.2, 0.25) is 0 Å². The summed E-state index contributed by atoms with van der Waals surface area (Å²) in [5, 5.41) is 4.92. The highest BCUT2D eigenvalue weighted by Gasteiger charge is 2.04. The lowest BCUT2D eigenvalue weighted by Gasteiger charge is -2.04. The zero-order valence-corrected chi connectivity index (χ0v) is 13.6. The van der Waals surface area contributed by atoms with Gasteiger partial charge < -0.3 is 5.32 Å². The fourth-order valence-corrected chi connectivity index (χ4v) is 2.95. The van der Waals surface area contributed by atoms with Gasteiger partial charge in [0.1, 0.15) is 0 Å². The Balaban J connectivity index is 1.82. The van der Waals surface area contributed by atoms with E-state index in [4.69, 9.17) is 0 Å². The largest absolute Gasteiger partial charge is 0.351 e. The van der Waals surface area contributed by atoms with Crippen LogP contribution in [0.25, 0.3) is 0 Å². The number of unbranched alkanes of at least 4 members (excludes halogenated alkanes) is 9. The van der Waals surface area contributed by atoms with Crippen LogP contribution in [0.3, 0.4) is 0 Å². The van der Waals surface area contributed by atoms with Crippen molar-refractivity contribution in [2.45, 2.75) is 71.1 Å². The normalized spacial score (nSPS) is 10.7. The fraction of sp³-hybridized carbons (Fsp3) is 0.706. The minimum atomic E-state index is 0.0796. The van der Waals surface area contributed by atoms with Crippen LogP contribution in [-0.2, 0) is 0 Å². The first-order valence-corrected chi connectivity index (χ1v) is 9.04. The number of hydrogen-bond acceptors (Lipinski definition) is 2. The van der Waals surface area contributed by atoms with Crippen molar-refractivity contribution in [2.24, 2.45) is 0 Å². The molecule has 0 aliphatic carbocycles. The van der Waals surface area contributed by atoms with Crippen molar-refractivity contribution in [1.29, 1.82) is 0 Å². The maximum Gasteiger partial charge on any atom is 0.261 e. The van der Waals surface area contributed by atoms with Gasteiger partial charge in [0.05, 0.1) is 4.88 Å². The molecule has 0 unspecified atom stereocenters. The summed E-state index contributed by atoms with van der Waals surface area (Å²) in [5.74, 6) is 0.0796. The van der Waals surface area contributed by atoms with Gasteiger partial charge in [0.15, 0.2) is 0 Å². The Hall–Kier alpha value is -0.830. The number of carbonyl (C=O) groups excluding carboxylic acids is 1. The molecule has 1 N–H and O–H groups in total. The monoisotopic (exact) mass is 295 g/mol. The second-order valence-electron chi connectivity index (χ2n) is 5.42. The summed E-state index contributed by atoms with van der Waals surface area (Å²) in [4.78, 5) is 12.5. The Morgan fingerprint density at radius 2 is 1.60 bits per heavy atom. The second kappa shape index (κ2) is 12.0. The molecule has 1 aromatic rings. The molecule has 2 nitrogen and oxygen atoms in total. The lowest BCUT2D eigenvalue weighted by molar-refractivity contribution is 0.0957. The summed E-state index contributed by atoms with van der Waals surface area (Å²) in [5.41, 5.74) is 0. The van der Waals surface area contributed by atoms with Crippen molar-refractivity contribution in [3.8, 4) is 0 Å². The molecule has 0 bridgehead atoms. The van der Waals surface area contributed by atoms with Crippen molar-refractivity contribution in [1.82, 2.24) is 5.32 Å². The molecule has 0 fully saturated rings. The van der Waals surface area contributed by atoms with Crippen LogP contribution in [0.1, 0.15) is 80.8 Å². The first-order valence-electron chi connectivity index (χ1n) is 8.16. The van der Waals surface area contributed by atoms with E-state index in [0.717, 1.165) is 17.8 Å². The number of thiophene rings is 1. The van der Waals surface area contributed by atoms with E-state index in [1.807, 2.05) is 17.5 Å². The van der Waals surface area contributed by atoms with Gasteiger partial charge in [-0.2, -0.15) is 0 Å². The van der Waals surface area contributed by atoms with Crippen LogP contribution >= 0.6 is 11.3 Å². The molecule has 1 heterocycles. The van der Waals surface area contributed by atoms with Gasteiger partial charge in [-0.3, -0.25) is 4.79 Å². The van der Waals surface area contributed by atoms with E-state index in [9.17, 15) is 4.79 Å². The molecular formula is C17H29NOS. The van der Waals surface area contributed by atoms with Crippen molar-refractivity contribution in [3.05, 3.63) is 22.4 Å². The third-order valence-corrected chi connectivity index (χ3v) is 4.43. The van der Waals surface area contributed by atoms with Gasteiger partial charge in [-0.1, -0.05) is 70.8 Å². The Labute approximate surface area is 128 Å². The quantitative estimate of drug-likeness (QED) is 0.514. The molecule has 0 saturated carbocycles. The molecule has 0 atom stereocenters. The van der Waals surface area contributed by atoms with Gasteiger partial charge in [0, 0.05) is 6.54 Å². The minimum Gasteiger partial charge on any atom is -0.351 e. The minimum absolute atomic E-state index is 0.0796. The number of hydrogen-bond donors (Lipinski definition) is 1. The molecule has 0 aliphatic rings. The molecule has 0 radical (unpaired) electrons. The van der Waals surface area contributed by atoms with Crippen molar-refractivity contribution in [3.63, 3.8) is 0 Å². The first-order chi connectivity index (χ1) is 9.84. The predicted molar refractivity (Wildman–Crippen MR) is 88.5 cm³/mol. The van der Waals surface area contributed by atoms with Crippen LogP contribution in [0, 0.1) is 0 Å². The van der Waals surface area contributed by atoms with Crippen molar-refractivity contribution >= 4 is 17.2 Å². The van der Waals surface area contributed by atoms with Crippen LogP contribution < -0.4 is 5.32 Å². The van der Waals surface area contributed by atoms with Gasteiger partial charge in [0.2, 0.25) is 0 Å². The third-order valence-electron chi connectivity index (χ3n) is 3.56. The summed E-state index contributed by atoms with van der Waals surface area (Å²) in [6.45, 7) is 3.07. The van der Waals surface area contributed by atoms with E-state index in [0.29, 0.717) is 0 Å². The van der Waals surface area contributed by atoms with Crippen LogP contribution in [0.5, 0.6) is 0 Å². The number of nitrogens with one attached hydrogen (secondary N) is 1. The highest BCUT2D eigenvalue weighted by Crippen LogP contribution is 2.10. The summed E-state index contributed by atoms with van der Waals surface area (Å²) >= 11 is 1.50. The summed E-state index contributed by atoms with van der Waals surface area (Å²) in [7, 11) is 0. The van der Waals surface area contributed by atoms with Crippen LogP contribution in [0.4, 0.5) is 0 Å². The molecule has 0 aliphatic heterocycles. The summed E-state index contributed by atoms with van der Waals surface area (Å²) < 4.78 is 0. The van der Waals surface area contributed by atoms with E-state index in [2.05, 4.69) is 12.2 Å². The standard InChI is InChI=1S/C17H29NOS/c1-2-3-4-5-6-7-8-9-10-11-14-18-17(19)16-13-12-15-20-16/h12-13,15H,2-11,14H2,1H3,(H,18,19). The topological polar surface area (TPSA) is 29.1 Å². The average molecular weight is 295 g/mol. The van der Waals surface area contributed by atoms with Crippen molar-refractivity contribution < 1.29 is 4.79 Å². The van der Waals surface area contributed by atoms with E-state index < -0.39 is 0 Å².